The summed E-state index contributed by atoms with van der Waals surface area (Å²) in [6.45, 7) is 3.89. The van der Waals surface area contributed by atoms with Gasteiger partial charge in [-0.05, 0) is 26.0 Å². The second kappa shape index (κ2) is 5.14. The minimum Gasteiger partial charge on any atom is -0.508 e. The van der Waals surface area contributed by atoms with Crippen molar-refractivity contribution in [3.05, 3.63) is 29.3 Å². The number of benzene rings is 1. The average molecular weight is 210 g/mol. The van der Waals surface area contributed by atoms with Crippen LogP contribution in [0.5, 0.6) is 5.75 Å². The van der Waals surface area contributed by atoms with E-state index < -0.39 is 0 Å². The molecule has 0 saturated carbocycles. The zero-order chi connectivity index (χ0) is 11.4. The summed E-state index contributed by atoms with van der Waals surface area (Å²) in [5, 5.41) is 9.75. The van der Waals surface area contributed by atoms with Crippen LogP contribution in [0.4, 0.5) is 0 Å². The van der Waals surface area contributed by atoms with Gasteiger partial charge in [0.25, 0.3) is 0 Å². The maximum atomic E-state index is 9.75. The summed E-state index contributed by atoms with van der Waals surface area (Å²) in [5.41, 5.74) is 1.86. The summed E-state index contributed by atoms with van der Waals surface area (Å²) < 4.78 is 10.6. The Hall–Kier alpha value is -1.06. The van der Waals surface area contributed by atoms with E-state index in [4.69, 9.17) is 9.47 Å². The quantitative estimate of drug-likeness (QED) is 0.829. The number of phenols is 1. The third kappa shape index (κ3) is 2.70. The van der Waals surface area contributed by atoms with Gasteiger partial charge in [-0.2, -0.15) is 0 Å². The van der Waals surface area contributed by atoms with E-state index >= 15 is 0 Å². The Morgan fingerprint density at radius 3 is 2.40 bits per heavy atom. The van der Waals surface area contributed by atoms with Gasteiger partial charge in [0.05, 0.1) is 6.10 Å². The van der Waals surface area contributed by atoms with Crippen LogP contribution in [0.25, 0.3) is 0 Å². The normalized spacial score (nSPS) is 14.9. The van der Waals surface area contributed by atoms with Crippen molar-refractivity contribution in [3.63, 3.8) is 0 Å². The molecule has 0 saturated heterocycles. The van der Waals surface area contributed by atoms with E-state index in [0.29, 0.717) is 0 Å². The first kappa shape index (κ1) is 12.0. The molecule has 1 aromatic carbocycles. The predicted molar refractivity (Wildman–Crippen MR) is 59.1 cm³/mol. The van der Waals surface area contributed by atoms with Crippen LogP contribution >= 0.6 is 0 Å². The third-order valence-corrected chi connectivity index (χ3v) is 2.54. The molecule has 0 unspecified atom stereocenters. The highest BCUT2D eigenvalue weighted by molar-refractivity contribution is 5.37. The fourth-order valence-corrected chi connectivity index (χ4v) is 1.60. The van der Waals surface area contributed by atoms with Gasteiger partial charge in [0.2, 0.25) is 0 Å². The highest BCUT2D eigenvalue weighted by Gasteiger charge is 2.21. The smallest absolute Gasteiger partial charge is 0.121 e. The van der Waals surface area contributed by atoms with Crippen LogP contribution < -0.4 is 0 Å². The molecule has 0 radical (unpaired) electrons. The summed E-state index contributed by atoms with van der Waals surface area (Å²) >= 11 is 0. The van der Waals surface area contributed by atoms with Crippen molar-refractivity contribution in [2.24, 2.45) is 0 Å². The van der Waals surface area contributed by atoms with E-state index in [1.54, 1.807) is 20.3 Å². The van der Waals surface area contributed by atoms with Crippen molar-refractivity contribution in [2.75, 3.05) is 14.2 Å². The molecular weight excluding hydrogens is 192 g/mol. The second-order valence-electron chi connectivity index (χ2n) is 3.66. The molecule has 1 N–H and O–H groups in total. The molecule has 0 aliphatic rings. The summed E-state index contributed by atoms with van der Waals surface area (Å²) in [6, 6.07) is 5.46. The molecule has 84 valence electrons. The Balaban J connectivity index is 3.05. The molecule has 0 bridgehead atoms. The minimum absolute atomic E-state index is 0.0947. The van der Waals surface area contributed by atoms with Crippen molar-refractivity contribution in [2.45, 2.75) is 26.1 Å². The molecule has 0 aliphatic heterocycles. The van der Waals surface area contributed by atoms with Crippen LogP contribution in [0.1, 0.15) is 24.2 Å². The number of aromatic hydroxyl groups is 1. The highest BCUT2D eigenvalue weighted by atomic mass is 16.5. The fourth-order valence-electron chi connectivity index (χ4n) is 1.60. The van der Waals surface area contributed by atoms with Crippen molar-refractivity contribution in [1.29, 1.82) is 0 Å². The molecule has 3 heteroatoms. The first-order chi connectivity index (χ1) is 7.10. The molecule has 3 nitrogen and oxygen atoms in total. The van der Waals surface area contributed by atoms with E-state index in [1.165, 1.54) is 0 Å². The zero-order valence-corrected chi connectivity index (χ0v) is 9.65. The number of aryl methyl sites for hydroxylation is 1. The molecule has 0 amide bonds. The van der Waals surface area contributed by atoms with Crippen LogP contribution in [-0.4, -0.2) is 25.4 Å². The number of rotatable bonds is 4. The van der Waals surface area contributed by atoms with Gasteiger partial charge in [-0.25, -0.2) is 0 Å². The van der Waals surface area contributed by atoms with Gasteiger partial charge >= 0.3 is 0 Å². The van der Waals surface area contributed by atoms with Crippen LogP contribution in [0.3, 0.4) is 0 Å². The second-order valence-corrected chi connectivity index (χ2v) is 3.66. The maximum absolute atomic E-state index is 9.75. The number of methoxy groups -OCH3 is 2. The van der Waals surface area contributed by atoms with Gasteiger partial charge < -0.3 is 14.6 Å². The van der Waals surface area contributed by atoms with Gasteiger partial charge in [0.15, 0.2) is 0 Å². The Kier molecular flexibility index (Phi) is 4.12. The van der Waals surface area contributed by atoms with Gasteiger partial charge in [-0.15, -0.1) is 0 Å². The molecule has 15 heavy (non-hydrogen) atoms. The summed E-state index contributed by atoms with van der Waals surface area (Å²) in [4.78, 5) is 0. The Labute approximate surface area is 90.6 Å². The predicted octanol–water partition coefficient (Wildman–Crippen LogP) is 2.42. The zero-order valence-electron chi connectivity index (χ0n) is 9.65. The first-order valence-corrected chi connectivity index (χ1v) is 4.95. The topological polar surface area (TPSA) is 38.7 Å². The van der Waals surface area contributed by atoms with Gasteiger partial charge in [0, 0.05) is 19.8 Å². The number of phenolic OH excluding ortho intramolecular Hbond substituents is 1. The van der Waals surface area contributed by atoms with Crippen LogP contribution in [-0.2, 0) is 9.47 Å². The van der Waals surface area contributed by atoms with Gasteiger partial charge in [-0.3, -0.25) is 0 Å². The third-order valence-electron chi connectivity index (χ3n) is 2.54. The molecule has 0 aliphatic carbocycles. The minimum atomic E-state index is -0.241. The van der Waals surface area contributed by atoms with Gasteiger partial charge in [0.1, 0.15) is 11.9 Å². The number of ether oxygens (including phenoxy) is 2. The Bertz CT molecular complexity index is 323. The van der Waals surface area contributed by atoms with E-state index in [-0.39, 0.29) is 18.0 Å². The van der Waals surface area contributed by atoms with Crippen molar-refractivity contribution >= 4 is 0 Å². The largest absolute Gasteiger partial charge is 0.508 e. The molecule has 1 aromatic rings. The average Bonchev–Trinajstić information content (AvgIpc) is 2.23. The van der Waals surface area contributed by atoms with E-state index in [9.17, 15) is 5.11 Å². The summed E-state index contributed by atoms with van der Waals surface area (Å²) in [5.74, 6) is 0.247. The molecule has 1 rings (SSSR count). The van der Waals surface area contributed by atoms with Crippen molar-refractivity contribution in [3.8, 4) is 5.75 Å². The Morgan fingerprint density at radius 2 is 1.87 bits per heavy atom. The van der Waals surface area contributed by atoms with Crippen molar-refractivity contribution < 1.29 is 14.6 Å². The number of hydrogen-bond acceptors (Lipinski definition) is 3. The van der Waals surface area contributed by atoms with Gasteiger partial charge in [-0.1, -0.05) is 11.6 Å². The molecule has 0 heterocycles. The summed E-state index contributed by atoms with van der Waals surface area (Å²) in [6.07, 6.45) is -0.336. The van der Waals surface area contributed by atoms with Crippen LogP contribution in [0.2, 0.25) is 0 Å². The fraction of sp³-hybridized carbons (Fsp3) is 0.500. The van der Waals surface area contributed by atoms with Crippen LogP contribution in [0.15, 0.2) is 18.2 Å². The molecule has 0 spiro atoms. The van der Waals surface area contributed by atoms with Crippen molar-refractivity contribution in [1.82, 2.24) is 0 Å². The molecule has 2 atom stereocenters. The monoisotopic (exact) mass is 210 g/mol. The maximum Gasteiger partial charge on any atom is 0.121 e. The number of hydrogen-bond donors (Lipinski definition) is 1. The lowest BCUT2D eigenvalue weighted by atomic mass is 10.0. The molecule has 0 fully saturated rings. The SMILES string of the molecule is CO[C@@H](C)[C@@H](OC)c1cc(C)ccc1O. The lowest BCUT2D eigenvalue weighted by molar-refractivity contribution is -0.0287. The lowest BCUT2D eigenvalue weighted by Crippen LogP contribution is -2.19. The molecule has 0 aromatic heterocycles. The van der Waals surface area contributed by atoms with Crippen LogP contribution in [0, 0.1) is 6.92 Å². The van der Waals surface area contributed by atoms with E-state index in [2.05, 4.69) is 0 Å². The highest BCUT2D eigenvalue weighted by Crippen LogP contribution is 2.30. The van der Waals surface area contributed by atoms with E-state index in [0.717, 1.165) is 11.1 Å². The first-order valence-electron chi connectivity index (χ1n) is 4.95. The Morgan fingerprint density at radius 1 is 1.20 bits per heavy atom. The lowest BCUT2D eigenvalue weighted by Gasteiger charge is -2.22. The molecular formula is C12H18O3. The standard InChI is InChI=1S/C12H18O3/c1-8-5-6-11(13)10(7-8)12(15-4)9(2)14-3/h5-7,9,12-13H,1-4H3/t9-,12+/m0/s1. The summed E-state index contributed by atoms with van der Waals surface area (Å²) in [7, 11) is 3.24. The van der Waals surface area contributed by atoms with E-state index in [1.807, 2.05) is 26.0 Å².